The lowest BCUT2D eigenvalue weighted by Gasteiger charge is -2.32. The van der Waals surface area contributed by atoms with Crippen LogP contribution >= 0.6 is 0 Å². The monoisotopic (exact) mass is 299 g/mol. The van der Waals surface area contributed by atoms with Gasteiger partial charge in [0, 0.05) is 32.0 Å². The Bertz CT molecular complexity index is 563. The Morgan fingerprint density at radius 2 is 2.30 bits per heavy atom. The SMILES string of the molecule is NS(=O)(=O)NCC1CCCN(C(=O)c2cnccn2)C1. The van der Waals surface area contributed by atoms with Crippen LogP contribution in [0.4, 0.5) is 0 Å². The average Bonchev–Trinajstić information content (AvgIpc) is 2.45. The van der Waals surface area contributed by atoms with Crippen LogP contribution in [0.15, 0.2) is 18.6 Å². The number of piperidine rings is 1. The first-order chi connectivity index (χ1) is 9.46. The third-order valence-electron chi connectivity index (χ3n) is 3.16. The van der Waals surface area contributed by atoms with Crippen LogP contribution in [-0.2, 0) is 10.2 Å². The summed E-state index contributed by atoms with van der Waals surface area (Å²) in [6.45, 7) is 1.36. The van der Waals surface area contributed by atoms with Crippen molar-refractivity contribution in [3.05, 3.63) is 24.3 Å². The summed E-state index contributed by atoms with van der Waals surface area (Å²) in [6.07, 6.45) is 6.08. The molecule has 1 aromatic heterocycles. The van der Waals surface area contributed by atoms with Gasteiger partial charge in [0.15, 0.2) is 0 Å². The van der Waals surface area contributed by atoms with E-state index in [-0.39, 0.29) is 18.4 Å². The van der Waals surface area contributed by atoms with Crippen LogP contribution < -0.4 is 9.86 Å². The number of carbonyl (C=O) groups is 1. The average molecular weight is 299 g/mol. The molecule has 1 aliphatic rings. The van der Waals surface area contributed by atoms with Crippen molar-refractivity contribution in [1.29, 1.82) is 0 Å². The number of nitrogens with zero attached hydrogens (tertiary/aromatic N) is 3. The molecule has 1 fully saturated rings. The zero-order chi connectivity index (χ0) is 14.6. The van der Waals surface area contributed by atoms with Gasteiger partial charge in [0.05, 0.1) is 6.20 Å². The highest BCUT2D eigenvalue weighted by atomic mass is 32.2. The molecule has 2 rings (SSSR count). The van der Waals surface area contributed by atoms with E-state index in [1.54, 1.807) is 4.90 Å². The van der Waals surface area contributed by atoms with E-state index in [0.29, 0.717) is 18.8 Å². The van der Waals surface area contributed by atoms with Gasteiger partial charge in [-0.25, -0.2) is 14.8 Å². The highest BCUT2D eigenvalue weighted by molar-refractivity contribution is 7.87. The summed E-state index contributed by atoms with van der Waals surface area (Å²) in [5.41, 5.74) is 0.299. The normalized spacial score (nSPS) is 19.9. The highest BCUT2D eigenvalue weighted by Gasteiger charge is 2.25. The Hall–Kier alpha value is -1.58. The molecule has 110 valence electrons. The first kappa shape index (κ1) is 14.8. The summed E-state index contributed by atoms with van der Waals surface area (Å²) < 4.78 is 24.0. The predicted octanol–water partition coefficient (Wildman–Crippen LogP) is -0.878. The molecule has 8 nitrogen and oxygen atoms in total. The quantitative estimate of drug-likeness (QED) is 0.748. The van der Waals surface area contributed by atoms with Crippen molar-refractivity contribution in [2.24, 2.45) is 11.1 Å². The second kappa shape index (κ2) is 6.25. The number of carbonyl (C=O) groups excluding carboxylic acids is 1. The smallest absolute Gasteiger partial charge is 0.274 e. The fraction of sp³-hybridized carbons (Fsp3) is 0.545. The maximum absolute atomic E-state index is 12.2. The standard InChI is InChI=1S/C11H17N5O3S/c12-20(18,19)15-6-9-2-1-5-16(8-9)11(17)10-7-13-3-4-14-10/h3-4,7,9,15H,1-2,5-6,8H2,(H2,12,18,19). The lowest BCUT2D eigenvalue weighted by molar-refractivity contribution is 0.0670. The van der Waals surface area contributed by atoms with Crippen molar-refractivity contribution in [3.63, 3.8) is 0 Å². The summed E-state index contributed by atoms with van der Waals surface area (Å²) in [6, 6.07) is 0. The van der Waals surface area contributed by atoms with E-state index in [1.807, 2.05) is 0 Å². The van der Waals surface area contributed by atoms with Crippen molar-refractivity contribution >= 4 is 16.1 Å². The Morgan fingerprint density at radius 1 is 1.50 bits per heavy atom. The predicted molar refractivity (Wildman–Crippen MR) is 71.8 cm³/mol. The molecule has 0 bridgehead atoms. The summed E-state index contributed by atoms with van der Waals surface area (Å²) in [7, 11) is -3.69. The van der Waals surface area contributed by atoms with Crippen LogP contribution in [0.2, 0.25) is 0 Å². The van der Waals surface area contributed by atoms with Gasteiger partial charge in [-0.05, 0) is 18.8 Å². The zero-order valence-electron chi connectivity index (χ0n) is 10.9. The number of aromatic nitrogens is 2. The van der Waals surface area contributed by atoms with Crippen LogP contribution in [0.5, 0.6) is 0 Å². The van der Waals surface area contributed by atoms with Crippen molar-refractivity contribution in [2.75, 3.05) is 19.6 Å². The molecule has 0 aromatic carbocycles. The van der Waals surface area contributed by atoms with E-state index in [2.05, 4.69) is 14.7 Å². The molecular formula is C11H17N5O3S. The van der Waals surface area contributed by atoms with Gasteiger partial charge in [-0.2, -0.15) is 8.42 Å². The van der Waals surface area contributed by atoms with Crippen LogP contribution in [0, 0.1) is 5.92 Å². The van der Waals surface area contributed by atoms with Gasteiger partial charge in [0.1, 0.15) is 5.69 Å². The molecule has 0 aliphatic carbocycles. The molecule has 0 spiro atoms. The molecule has 2 heterocycles. The van der Waals surface area contributed by atoms with Gasteiger partial charge in [0.25, 0.3) is 16.1 Å². The summed E-state index contributed by atoms with van der Waals surface area (Å²) in [5, 5.41) is 4.90. The lowest BCUT2D eigenvalue weighted by atomic mass is 9.98. The fourth-order valence-corrected chi connectivity index (χ4v) is 2.69. The number of hydrogen-bond acceptors (Lipinski definition) is 5. The molecule has 1 saturated heterocycles. The molecule has 1 amide bonds. The minimum absolute atomic E-state index is 0.0581. The fourth-order valence-electron chi connectivity index (χ4n) is 2.22. The maximum Gasteiger partial charge on any atom is 0.274 e. The molecule has 0 saturated carbocycles. The first-order valence-electron chi connectivity index (χ1n) is 6.28. The number of nitrogens with one attached hydrogen (secondary N) is 1. The molecule has 20 heavy (non-hydrogen) atoms. The van der Waals surface area contributed by atoms with Crippen LogP contribution in [0.25, 0.3) is 0 Å². The summed E-state index contributed by atoms with van der Waals surface area (Å²) >= 11 is 0. The van der Waals surface area contributed by atoms with Crippen molar-refractivity contribution in [3.8, 4) is 0 Å². The molecule has 3 N–H and O–H groups in total. The van der Waals surface area contributed by atoms with Gasteiger partial charge in [0.2, 0.25) is 0 Å². The number of hydrogen-bond donors (Lipinski definition) is 2. The number of nitrogens with two attached hydrogens (primary N) is 1. The Labute approximate surface area is 117 Å². The minimum Gasteiger partial charge on any atom is -0.337 e. The van der Waals surface area contributed by atoms with Gasteiger partial charge in [-0.1, -0.05) is 0 Å². The maximum atomic E-state index is 12.2. The first-order valence-corrected chi connectivity index (χ1v) is 7.83. The minimum atomic E-state index is -3.69. The van der Waals surface area contributed by atoms with Crippen LogP contribution in [0.1, 0.15) is 23.3 Å². The Balaban J connectivity index is 1.95. The molecule has 1 unspecified atom stereocenters. The highest BCUT2D eigenvalue weighted by Crippen LogP contribution is 2.17. The Kier molecular flexibility index (Phi) is 4.63. The van der Waals surface area contributed by atoms with E-state index < -0.39 is 10.2 Å². The van der Waals surface area contributed by atoms with Crippen molar-refractivity contribution in [1.82, 2.24) is 19.6 Å². The van der Waals surface area contributed by atoms with Crippen molar-refractivity contribution < 1.29 is 13.2 Å². The summed E-state index contributed by atoms with van der Waals surface area (Å²) in [5.74, 6) is -0.124. The number of rotatable bonds is 4. The topological polar surface area (TPSA) is 118 Å². The van der Waals surface area contributed by atoms with E-state index in [9.17, 15) is 13.2 Å². The Morgan fingerprint density at radius 3 is 2.95 bits per heavy atom. The van der Waals surface area contributed by atoms with E-state index in [1.165, 1.54) is 18.6 Å². The van der Waals surface area contributed by atoms with E-state index >= 15 is 0 Å². The van der Waals surface area contributed by atoms with Gasteiger partial charge >= 0.3 is 0 Å². The molecule has 1 aliphatic heterocycles. The third-order valence-corrected chi connectivity index (χ3v) is 3.73. The molecule has 0 radical (unpaired) electrons. The third kappa shape index (κ3) is 4.22. The number of likely N-dealkylation sites (tertiary alicyclic amines) is 1. The van der Waals surface area contributed by atoms with E-state index in [0.717, 1.165) is 12.8 Å². The van der Waals surface area contributed by atoms with E-state index in [4.69, 9.17) is 5.14 Å². The van der Waals surface area contributed by atoms with Gasteiger partial charge in [-0.15, -0.1) is 0 Å². The second-order valence-corrected chi connectivity index (χ2v) is 6.12. The summed E-state index contributed by atoms with van der Waals surface area (Å²) in [4.78, 5) is 21.7. The number of amides is 1. The zero-order valence-corrected chi connectivity index (χ0v) is 11.7. The van der Waals surface area contributed by atoms with Gasteiger partial charge < -0.3 is 4.90 Å². The molecule has 9 heteroatoms. The second-order valence-electron chi connectivity index (χ2n) is 4.74. The lowest BCUT2D eigenvalue weighted by Crippen LogP contribution is -2.44. The molecular weight excluding hydrogens is 282 g/mol. The van der Waals surface area contributed by atoms with Crippen molar-refractivity contribution in [2.45, 2.75) is 12.8 Å². The van der Waals surface area contributed by atoms with Gasteiger partial charge in [-0.3, -0.25) is 9.78 Å². The molecule has 1 atom stereocenters. The van der Waals surface area contributed by atoms with Crippen LogP contribution in [0.3, 0.4) is 0 Å². The van der Waals surface area contributed by atoms with Crippen LogP contribution in [-0.4, -0.2) is 48.8 Å². The largest absolute Gasteiger partial charge is 0.337 e. The molecule has 1 aromatic rings.